The number of piperazine rings is 1. The first-order valence-corrected chi connectivity index (χ1v) is 10.2. The topological polar surface area (TPSA) is 65.9 Å². The minimum atomic E-state index is -4.39. The summed E-state index contributed by atoms with van der Waals surface area (Å²) in [6.45, 7) is -1.31. The molecule has 0 amide bonds. The van der Waals surface area contributed by atoms with Gasteiger partial charge in [-0.15, -0.1) is 0 Å². The number of ether oxygens (including phenoxy) is 1. The summed E-state index contributed by atoms with van der Waals surface area (Å²) in [6, 6.07) is 4.46. The molecule has 1 aliphatic rings. The van der Waals surface area contributed by atoms with E-state index in [0.717, 1.165) is 29.0 Å². The van der Waals surface area contributed by atoms with Crippen molar-refractivity contribution in [2.24, 2.45) is 0 Å². The van der Waals surface area contributed by atoms with Gasteiger partial charge in [-0.25, -0.2) is 9.78 Å². The zero-order valence-corrected chi connectivity index (χ0v) is 17.0. The molecule has 1 aromatic heterocycles. The number of carbonyl (C=O) groups is 1. The van der Waals surface area contributed by atoms with Crippen LogP contribution in [-0.4, -0.2) is 66.4 Å². The van der Waals surface area contributed by atoms with Gasteiger partial charge in [0, 0.05) is 26.2 Å². The lowest BCUT2D eigenvalue weighted by molar-refractivity contribution is -0.137. The Hall–Kier alpha value is -2.31. The van der Waals surface area contributed by atoms with Gasteiger partial charge < -0.3 is 14.7 Å². The molecule has 0 saturated carbocycles. The molecule has 0 bridgehead atoms. The van der Waals surface area contributed by atoms with E-state index in [2.05, 4.69) is 9.72 Å². The summed E-state index contributed by atoms with van der Waals surface area (Å²) >= 11 is 0.962. The summed E-state index contributed by atoms with van der Waals surface area (Å²) in [7, 11) is 0. The standard InChI is InChI=1S/C19H20F5N3O3S/c20-17(21)30-11-14-10-26(6-5-12-1-3-13(4-2-12)19(22,23)24)7-8-27(14)18-25-9-15(31-18)16(28)29/h1-4,9,14,17H,5-8,10-11H2,(H,28,29). The lowest BCUT2D eigenvalue weighted by Crippen LogP contribution is -2.55. The van der Waals surface area contributed by atoms with Gasteiger partial charge in [-0.2, -0.15) is 22.0 Å². The number of nitrogens with zero attached hydrogens (tertiary/aromatic N) is 3. The van der Waals surface area contributed by atoms with E-state index in [1.54, 1.807) is 4.90 Å². The van der Waals surface area contributed by atoms with E-state index < -0.39 is 30.4 Å². The molecule has 1 fully saturated rings. The number of carboxylic acids is 1. The van der Waals surface area contributed by atoms with Gasteiger partial charge in [0.15, 0.2) is 5.13 Å². The lowest BCUT2D eigenvalue weighted by atomic mass is 10.1. The molecule has 0 spiro atoms. The Morgan fingerprint density at radius 1 is 1.26 bits per heavy atom. The number of halogens is 5. The number of rotatable bonds is 8. The highest BCUT2D eigenvalue weighted by molar-refractivity contribution is 7.17. The second kappa shape index (κ2) is 9.88. The smallest absolute Gasteiger partial charge is 0.416 e. The monoisotopic (exact) mass is 465 g/mol. The Morgan fingerprint density at radius 2 is 1.97 bits per heavy atom. The predicted octanol–water partition coefficient (Wildman–Crippen LogP) is 3.83. The first-order chi connectivity index (χ1) is 14.6. The number of anilines is 1. The molecule has 3 rings (SSSR count). The van der Waals surface area contributed by atoms with Crippen molar-refractivity contribution < 1.29 is 36.6 Å². The number of aromatic carboxylic acids is 1. The Labute approximate surface area is 178 Å². The minimum Gasteiger partial charge on any atom is -0.477 e. The van der Waals surface area contributed by atoms with E-state index in [-0.39, 0.29) is 11.5 Å². The van der Waals surface area contributed by atoms with Crippen LogP contribution in [0.2, 0.25) is 0 Å². The van der Waals surface area contributed by atoms with Gasteiger partial charge in [-0.1, -0.05) is 23.5 Å². The average Bonchev–Trinajstić information content (AvgIpc) is 3.21. The Morgan fingerprint density at radius 3 is 2.55 bits per heavy atom. The van der Waals surface area contributed by atoms with Crippen molar-refractivity contribution in [2.45, 2.75) is 25.3 Å². The number of hydrogen-bond donors (Lipinski definition) is 1. The Bertz CT molecular complexity index is 875. The van der Waals surface area contributed by atoms with Crippen LogP contribution in [0.4, 0.5) is 27.1 Å². The number of carboxylic acid groups (broad SMARTS) is 1. The van der Waals surface area contributed by atoms with Crippen LogP contribution in [0.15, 0.2) is 30.5 Å². The van der Waals surface area contributed by atoms with Crippen LogP contribution in [0.25, 0.3) is 0 Å². The van der Waals surface area contributed by atoms with Gasteiger partial charge in [-0.3, -0.25) is 4.90 Å². The van der Waals surface area contributed by atoms with Crippen LogP contribution in [0.3, 0.4) is 0 Å². The highest BCUT2D eigenvalue weighted by Gasteiger charge is 2.31. The third-order valence-electron chi connectivity index (χ3n) is 4.93. The molecule has 1 aliphatic heterocycles. The molecule has 1 atom stereocenters. The lowest BCUT2D eigenvalue weighted by Gasteiger charge is -2.41. The quantitative estimate of drug-likeness (QED) is 0.598. The molecule has 1 aromatic carbocycles. The number of aromatic nitrogens is 1. The molecule has 170 valence electrons. The van der Waals surface area contributed by atoms with Crippen molar-refractivity contribution in [1.82, 2.24) is 9.88 Å². The van der Waals surface area contributed by atoms with Crippen molar-refractivity contribution in [3.05, 3.63) is 46.5 Å². The molecule has 0 aliphatic carbocycles. The van der Waals surface area contributed by atoms with Crippen molar-refractivity contribution in [3.8, 4) is 0 Å². The van der Waals surface area contributed by atoms with E-state index in [9.17, 15) is 26.7 Å². The van der Waals surface area contributed by atoms with Gasteiger partial charge in [0.1, 0.15) is 4.88 Å². The van der Waals surface area contributed by atoms with Crippen LogP contribution in [-0.2, 0) is 17.3 Å². The van der Waals surface area contributed by atoms with E-state index in [4.69, 9.17) is 5.11 Å². The molecule has 12 heteroatoms. The Balaban J connectivity index is 1.62. The summed E-state index contributed by atoms with van der Waals surface area (Å²) in [4.78, 5) is 19.0. The molecule has 2 heterocycles. The van der Waals surface area contributed by atoms with Gasteiger partial charge in [-0.05, 0) is 24.1 Å². The molecule has 1 saturated heterocycles. The second-order valence-corrected chi connectivity index (χ2v) is 8.01. The zero-order chi connectivity index (χ0) is 22.6. The molecule has 1 unspecified atom stereocenters. The number of alkyl halides is 5. The highest BCUT2D eigenvalue weighted by atomic mass is 32.1. The minimum absolute atomic E-state index is 0.0493. The third-order valence-corrected chi connectivity index (χ3v) is 5.95. The van der Waals surface area contributed by atoms with Crippen molar-refractivity contribution >= 4 is 22.4 Å². The summed E-state index contributed by atoms with van der Waals surface area (Å²) in [5.74, 6) is -1.11. The summed E-state index contributed by atoms with van der Waals surface area (Å²) < 4.78 is 67.7. The average molecular weight is 465 g/mol. The van der Waals surface area contributed by atoms with Crippen LogP contribution in [0.5, 0.6) is 0 Å². The van der Waals surface area contributed by atoms with Crippen LogP contribution >= 0.6 is 11.3 Å². The summed E-state index contributed by atoms with van der Waals surface area (Å²) in [5.41, 5.74) is 0.0279. The van der Waals surface area contributed by atoms with E-state index in [1.165, 1.54) is 18.3 Å². The molecule has 1 N–H and O–H groups in total. The molecule has 31 heavy (non-hydrogen) atoms. The highest BCUT2D eigenvalue weighted by Crippen LogP contribution is 2.29. The molecule has 0 radical (unpaired) electrons. The van der Waals surface area contributed by atoms with Crippen molar-refractivity contribution in [2.75, 3.05) is 37.7 Å². The fraction of sp³-hybridized carbons (Fsp3) is 0.474. The largest absolute Gasteiger partial charge is 0.477 e. The van der Waals surface area contributed by atoms with Gasteiger partial charge >= 0.3 is 18.8 Å². The molecular formula is C19H20F5N3O3S. The SMILES string of the molecule is O=C(O)c1cnc(N2CCN(CCc3ccc(C(F)(F)F)cc3)CC2COC(F)F)s1. The first kappa shape index (κ1) is 23.4. The maximum absolute atomic E-state index is 12.7. The summed E-state index contributed by atoms with van der Waals surface area (Å²) in [5, 5.41) is 9.50. The van der Waals surface area contributed by atoms with Crippen LogP contribution in [0, 0.1) is 0 Å². The molecular weight excluding hydrogens is 445 g/mol. The second-order valence-electron chi connectivity index (χ2n) is 7.00. The van der Waals surface area contributed by atoms with Gasteiger partial charge in [0.25, 0.3) is 0 Å². The van der Waals surface area contributed by atoms with E-state index >= 15 is 0 Å². The third kappa shape index (κ3) is 6.34. The van der Waals surface area contributed by atoms with Crippen molar-refractivity contribution in [3.63, 3.8) is 0 Å². The van der Waals surface area contributed by atoms with E-state index in [0.29, 0.717) is 37.7 Å². The Kier molecular flexibility index (Phi) is 7.44. The number of benzene rings is 1. The number of thiazole rings is 1. The maximum Gasteiger partial charge on any atom is 0.416 e. The molecule has 6 nitrogen and oxygen atoms in total. The van der Waals surface area contributed by atoms with Crippen LogP contribution < -0.4 is 4.90 Å². The van der Waals surface area contributed by atoms with Crippen molar-refractivity contribution in [1.29, 1.82) is 0 Å². The van der Waals surface area contributed by atoms with Gasteiger partial charge in [0.05, 0.1) is 24.4 Å². The predicted molar refractivity (Wildman–Crippen MR) is 104 cm³/mol. The van der Waals surface area contributed by atoms with Gasteiger partial charge in [0.2, 0.25) is 0 Å². The normalized spacial score (nSPS) is 18.0. The fourth-order valence-corrected chi connectivity index (χ4v) is 4.20. The summed E-state index contributed by atoms with van der Waals surface area (Å²) in [6.07, 6.45) is -2.66. The van der Waals surface area contributed by atoms with Crippen LogP contribution in [0.1, 0.15) is 20.8 Å². The molecule has 2 aromatic rings. The maximum atomic E-state index is 12.7. The number of hydrogen-bond acceptors (Lipinski definition) is 6. The van der Waals surface area contributed by atoms with E-state index in [1.807, 2.05) is 4.90 Å². The fourth-order valence-electron chi connectivity index (χ4n) is 3.35. The zero-order valence-electron chi connectivity index (χ0n) is 16.2. The first-order valence-electron chi connectivity index (χ1n) is 9.37.